The molecule has 0 bridgehead atoms. The molecule has 2 saturated heterocycles. The van der Waals surface area contributed by atoms with Crippen molar-refractivity contribution in [1.82, 2.24) is 9.21 Å². The van der Waals surface area contributed by atoms with Crippen LogP contribution in [0.2, 0.25) is 0 Å². The van der Waals surface area contributed by atoms with Gasteiger partial charge in [-0.15, -0.1) is 0 Å². The Morgan fingerprint density at radius 1 is 1.12 bits per heavy atom. The van der Waals surface area contributed by atoms with Gasteiger partial charge in [0.2, 0.25) is 10.0 Å². The predicted octanol–water partition coefficient (Wildman–Crippen LogP) is 2.85. The van der Waals surface area contributed by atoms with Crippen molar-refractivity contribution in [2.45, 2.75) is 39.2 Å². The second-order valence-electron chi connectivity index (χ2n) is 7.34. The summed E-state index contributed by atoms with van der Waals surface area (Å²) in [5.41, 5.74) is 1.21. The maximum atomic E-state index is 13.0. The first kappa shape index (κ1) is 17.8. The van der Waals surface area contributed by atoms with Crippen molar-refractivity contribution in [3.63, 3.8) is 0 Å². The Kier molecular flexibility index (Phi) is 5.27. The van der Waals surface area contributed by atoms with Gasteiger partial charge in [0, 0.05) is 26.2 Å². The van der Waals surface area contributed by atoms with E-state index in [0.29, 0.717) is 19.5 Å². The maximum absolute atomic E-state index is 13.0. The van der Waals surface area contributed by atoms with Gasteiger partial charge in [0.15, 0.2) is 0 Å². The average molecular weight is 354 g/mol. The Morgan fingerprint density at radius 3 is 2.58 bits per heavy atom. The third kappa shape index (κ3) is 3.98. The number of hydrogen-bond acceptors (Lipinski definition) is 3. The molecule has 1 aromatic carbocycles. The molecule has 2 aliphatic heterocycles. The summed E-state index contributed by atoms with van der Waals surface area (Å²) in [5, 5.41) is 0. The van der Waals surface area contributed by atoms with Crippen molar-refractivity contribution in [2.24, 2.45) is 5.41 Å². The second kappa shape index (κ2) is 7.10. The van der Waals surface area contributed by atoms with Gasteiger partial charge in [-0.05, 0) is 55.3 Å². The molecule has 1 spiro atoms. The lowest BCUT2D eigenvalue weighted by Crippen LogP contribution is -2.45. The number of sulfonamides is 1. The molecule has 1 atom stereocenters. The quantitative estimate of drug-likeness (QED) is 0.816. The normalized spacial score (nSPS) is 26.2. The van der Waals surface area contributed by atoms with Crippen molar-refractivity contribution in [3.05, 3.63) is 35.6 Å². The average Bonchev–Trinajstić information content (AvgIpc) is 2.94. The van der Waals surface area contributed by atoms with Crippen LogP contribution in [0.3, 0.4) is 0 Å². The number of piperidine rings is 1. The highest BCUT2D eigenvalue weighted by Gasteiger charge is 2.44. The lowest BCUT2D eigenvalue weighted by molar-refractivity contribution is 0.0935. The molecule has 0 aliphatic carbocycles. The second-order valence-corrected chi connectivity index (χ2v) is 9.43. The number of rotatable bonds is 5. The highest BCUT2D eigenvalue weighted by Crippen LogP contribution is 2.40. The van der Waals surface area contributed by atoms with Crippen LogP contribution >= 0.6 is 0 Å². The standard InChI is InChI=1S/C18H27FN2O2S/c1-2-12-24(22,23)21-11-9-18(15-21)8-3-10-20(14-18)13-16-4-6-17(19)7-5-16/h4-7H,2-3,8-15H2,1H3/t18-/m0/s1. The molecule has 0 aromatic heterocycles. The fraction of sp³-hybridized carbons (Fsp3) is 0.667. The van der Waals surface area contributed by atoms with Crippen molar-refractivity contribution in [3.8, 4) is 0 Å². The molecule has 0 amide bonds. The van der Waals surface area contributed by atoms with E-state index >= 15 is 0 Å². The molecule has 0 N–H and O–H groups in total. The Balaban J connectivity index is 1.64. The zero-order chi connectivity index (χ0) is 17.2. The SMILES string of the molecule is CCCS(=O)(=O)N1CC[C@]2(CCCN(Cc3ccc(F)cc3)C2)C1. The van der Waals surface area contributed by atoms with E-state index in [1.807, 2.05) is 19.1 Å². The third-order valence-electron chi connectivity index (χ3n) is 5.32. The smallest absolute Gasteiger partial charge is 0.214 e. The van der Waals surface area contributed by atoms with Gasteiger partial charge < -0.3 is 0 Å². The molecule has 24 heavy (non-hydrogen) atoms. The zero-order valence-corrected chi connectivity index (χ0v) is 15.2. The van der Waals surface area contributed by atoms with E-state index in [4.69, 9.17) is 0 Å². The lowest BCUT2D eigenvalue weighted by atomic mass is 9.79. The van der Waals surface area contributed by atoms with Crippen LogP contribution in [0.5, 0.6) is 0 Å². The Hall–Kier alpha value is -0.980. The van der Waals surface area contributed by atoms with E-state index in [9.17, 15) is 12.8 Å². The number of likely N-dealkylation sites (tertiary alicyclic amines) is 1. The highest BCUT2D eigenvalue weighted by atomic mass is 32.2. The van der Waals surface area contributed by atoms with Crippen LogP contribution in [0.1, 0.15) is 38.2 Å². The van der Waals surface area contributed by atoms with Crippen LogP contribution in [0, 0.1) is 11.2 Å². The lowest BCUT2D eigenvalue weighted by Gasteiger charge is -2.40. The van der Waals surface area contributed by atoms with Gasteiger partial charge in [0.1, 0.15) is 5.82 Å². The van der Waals surface area contributed by atoms with Gasteiger partial charge in [0.25, 0.3) is 0 Å². The van der Waals surface area contributed by atoms with Crippen LogP contribution in [0.15, 0.2) is 24.3 Å². The number of nitrogens with zero attached hydrogens (tertiary/aromatic N) is 2. The van der Waals surface area contributed by atoms with Crippen molar-refractivity contribution >= 4 is 10.0 Å². The minimum absolute atomic E-state index is 0.0963. The van der Waals surface area contributed by atoms with Gasteiger partial charge in [-0.25, -0.2) is 17.1 Å². The minimum atomic E-state index is -3.09. The summed E-state index contributed by atoms with van der Waals surface area (Å²) in [7, 11) is -3.09. The topological polar surface area (TPSA) is 40.6 Å². The summed E-state index contributed by atoms with van der Waals surface area (Å²) < 4.78 is 39.4. The predicted molar refractivity (Wildman–Crippen MR) is 93.6 cm³/mol. The molecule has 2 aliphatic rings. The van der Waals surface area contributed by atoms with Crippen LogP contribution < -0.4 is 0 Å². The van der Waals surface area contributed by atoms with E-state index < -0.39 is 10.0 Å². The molecular formula is C18H27FN2O2S. The number of halogens is 1. The molecule has 6 heteroatoms. The molecule has 3 rings (SSSR count). The highest BCUT2D eigenvalue weighted by molar-refractivity contribution is 7.89. The molecule has 4 nitrogen and oxygen atoms in total. The Labute approximate surface area is 144 Å². The summed E-state index contributed by atoms with van der Waals surface area (Å²) in [6, 6.07) is 6.68. The van der Waals surface area contributed by atoms with Crippen LogP contribution in [-0.2, 0) is 16.6 Å². The molecule has 1 aromatic rings. The first-order valence-corrected chi connectivity index (χ1v) is 10.5. The van der Waals surface area contributed by atoms with E-state index in [2.05, 4.69) is 4.90 Å². The number of hydrogen-bond donors (Lipinski definition) is 0. The summed E-state index contributed by atoms with van der Waals surface area (Å²) >= 11 is 0. The van der Waals surface area contributed by atoms with E-state index in [1.165, 1.54) is 12.1 Å². The largest absolute Gasteiger partial charge is 0.298 e. The minimum Gasteiger partial charge on any atom is -0.298 e. The molecular weight excluding hydrogens is 327 g/mol. The van der Waals surface area contributed by atoms with E-state index in [1.54, 1.807) is 4.31 Å². The van der Waals surface area contributed by atoms with Gasteiger partial charge in [-0.1, -0.05) is 19.1 Å². The van der Waals surface area contributed by atoms with E-state index in [-0.39, 0.29) is 17.0 Å². The Bertz CT molecular complexity index is 662. The number of benzene rings is 1. The molecule has 2 heterocycles. The summed E-state index contributed by atoms with van der Waals surface area (Å²) in [6.07, 6.45) is 3.83. The van der Waals surface area contributed by atoms with Gasteiger partial charge >= 0.3 is 0 Å². The molecule has 0 saturated carbocycles. The van der Waals surface area contributed by atoms with Crippen LogP contribution in [-0.4, -0.2) is 49.6 Å². The fourth-order valence-corrected chi connectivity index (χ4v) is 5.76. The molecule has 0 unspecified atom stereocenters. The van der Waals surface area contributed by atoms with Gasteiger partial charge in [0.05, 0.1) is 5.75 Å². The van der Waals surface area contributed by atoms with Crippen LogP contribution in [0.4, 0.5) is 4.39 Å². The van der Waals surface area contributed by atoms with Gasteiger partial charge in [-0.2, -0.15) is 0 Å². The van der Waals surface area contributed by atoms with Crippen molar-refractivity contribution in [2.75, 3.05) is 31.9 Å². The van der Waals surface area contributed by atoms with Crippen molar-refractivity contribution < 1.29 is 12.8 Å². The van der Waals surface area contributed by atoms with Gasteiger partial charge in [-0.3, -0.25) is 4.90 Å². The summed E-state index contributed by atoms with van der Waals surface area (Å²) in [6.45, 7) is 6.00. The first-order chi connectivity index (χ1) is 11.4. The third-order valence-corrected chi connectivity index (χ3v) is 7.34. The maximum Gasteiger partial charge on any atom is 0.214 e. The summed E-state index contributed by atoms with van der Waals surface area (Å²) in [5.74, 6) is 0.0453. The fourth-order valence-electron chi connectivity index (χ4n) is 4.14. The summed E-state index contributed by atoms with van der Waals surface area (Å²) in [4.78, 5) is 2.40. The molecule has 0 radical (unpaired) electrons. The molecule has 2 fully saturated rings. The zero-order valence-electron chi connectivity index (χ0n) is 14.4. The monoisotopic (exact) mass is 354 g/mol. The van der Waals surface area contributed by atoms with E-state index in [0.717, 1.165) is 44.5 Å². The molecule has 134 valence electrons. The first-order valence-electron chi connectivity index (χ1n) is 8.87. The Morgan fingerprint density at radius 2 is 1.88 bits per heavy atom. The van der Waals surface area contributed by atoms with Crippen LogP contribution in [0.25, 0.3) is 0 Å². The van der Waals surface area contributed by atoms with Crippen molar-refractivity contribution in [1.29, 1.82) is 0 Å².